The van der Waals surface area contributed by atoms with Crippen LogP contribution in [0, 0.1) is 0 Å². The molecular formula is C23H29F3N6O3S. The number of pyridine rings is 1. The maximum absolute atomic E-state index is 13.2. The lowest BCUT2D eigenvalue weighted by molar-refractivity contribution is -0.137. The molecule has 1 aromatic heterocycles. The summed E-state index contributed by atoms with van der Waals surface area (Å²) in [5.41, 5.74) is 5.28. The molecular weight excluding hydrogens is 497 g/mol. The number of nitrogens with two attached hydrogens (primary N) is 1. The average Bonchev–Trinajstić information content (AvgIpc) is 2.84. The fourth-order valence-corrected chi connectivity index (χ4v) is 6.07. The Kier molecular flexibility index (Phi) is 7.59. The molecule has 1 atom stereocenters. The number of primary amides is 1. The number of carbonyl (C=O) groups excluding carboxylic acids is 1. The summed E-state index contributed by atoms with van der Waals surface area (Å²) < 4.78 is 65.8. The number of rotatable bonds is 6. The van der Waals surface area contributed by atoms with Crippen LogP contribution in [-0.2, 0) is 16.2 Å². The summed E-state index contributed by atoms with van der Waals surface area (Å²) in [4.78, 5) is 17.3. The molecule has 3 heterocycles. The van der Waals surface area contributed by atoms with Gasteiger partial charge in [-0.25, -0.2) is 18.2 Å². The highest BCUT2D eigenvalue weighted by Gasteiger charge is 2.32. The Balaban J connectivity index is 1.33. The lowest BCUT2D eigenvalue weighted by atomic mass is 10.1. The third-order valence-electron chi connectivity index (χ3n) is 6.50. The van der Waals surface area contributed by atoms with Gasteiger partial charge in [0.25, 0.3) is 0 Å². The first-order valence-corrected chi connectivity index (χ1v) is 13.2. The third kappa shape index (κ3) is 6.19. The maximum Gasteiger partial charge on any atom is 0.417 e. The minimum Gasteiger partial charge on any atom is -0.369 e. The molecule has 13 heteroatoms. The molecule has 2 aliphatic rings. The van der Waals surface area contributed by atoms with Crippen molar-refractivity contribution >= 4 is 27.6 Å². The van der Waals surface area contributed by atoms with Gasteiger partial charge in [0.15, 0.2) is 0 Å². The van der Waals surface area contributed by atoms with Crippen LogP contribution in [-0.4, -0.2) is 62.0 Å². The fourth-order valence-electron chi connectivity index (χ4n) is 4.61. The lowest BCUT2D eigenvalue weighted by Gasteiger charge is -2.34. The Morgan fingerprint density at radius 2 is 1.69 bits per heavy atom. The van der Waals surface area contributed by atoms with Crippen LogP contribution in [0.4, 0.5) is 29.5 Å². The molecule has 1 aromatic carbocycles. The van der Waals surface area contributed by atoms with Crippen molar-refractivity contribution in [3.8, 4) is 0 Å². The van der Waals surface area contributed by atoms with E-state index < -0.39 is 27.8 Å². The minimum absolute atomic E-state index is 0.0488. The molecule has 0 saturated carbocycles. The van der Waals surface area contributed by atoms with Gasteiger partial charge in [0.1, 0.15) is 5.82 Å². The van der Waals surface area contributed by atoms with E-state index >= 15 is 0 Å². The molecule has 0 bridgehead atoms. The number of nitrogens with zero attached hydrogens (tertiary/aromatic N) is 3. The number of hydrogen-bond acceptors (Lipinski definition) is 6. The number of nitrogens with one attached hydrogen (secondary N) is 2. The van der Waals surface area contributed by atoms with Gasteiger partial charge in [0, 0.05) is 50.1 Å². The first-order valence-electron chi connectivity index (χ1n) is 11.7. The highest BCUT2D eigenvalue weighted by molar-refractivity contribution is 7.89. The number of amides is 2. The highest BCUT2D eigenvalue weighted by Crippen LogP contribution is 2.30. The van der Waals surface area contributed by atoms with E-state index in [1.807, 2.05) is 0 Å². The molecule has 0 spiro atoms. The van der Waals surface area contributed by atoms with Gasteiger partial charge in [-0.2, -0.15) is 17.5 Å². The summed E-state index contributed by atoms with van der Waals surface area (Å²) in [6, 6.07) is 8.26. The lowest BCUT2D eigenvalue weighted by Crippen LogP contribution is -2.49. The topological polar surface area (TPSA) is 121 Å². The number of aromatic nitrogens is 1. The van der Waals surface area contributed by atoms with Crippen molar-refractivity contribution in [3.63, 3.8) is 0 Å². The number of urea groups is 1. The van der Waals surface area contributed by atoms with Crippen LogP contribution in [0.3, 0.4) is 0 Å². The molecule has 2 saturated heterocycles. The second kappa shape index (κ2) is 10.5. The second-order valence-electron chi connectivity index (χ2n) is 9.04. The molecule has 2 aliphatic heterocycles. The van der Waals surface area contributed by atoms with Crippen LogP contribution in [0.25, 0.3) is 0 Å². The Bertz CT molecular complexity index is 1150. The highest BCUT2D eigenvalue weighted by atomic mass is 32.2. The molecule has 196 valence electrons. The van der Waals surface area contributed by atoms with Crippen LogP contribution >= 0.6 is 0 Å². The number of sulfonamides is 1. The molecule has 2 fully saturated rings. The van der Waals surface area contributed by atoms with Gasteiger partial charge in [-0.1, -0.05) is 0 Å². The van der Waals surface area contributed by atoms with Crippen molar-refractivity contribution in [2.75, 3.05) is 36.4 Å². The first kappa shape index (κ1) is 26.0. The quantitative estimate of drug-likeness (QED) is 0.532. The van der Waals surface area contributed by atoms with Gasteiger partial charge in [-0.3, -0.25) is 0 Å². The summed E-state index contributed by atoms with van der Waals surface area (Å²) in [5, 5.41) is 5.82. The van der Waals surface area contributed by atoms with Crippen molar-refractivity contribution in [2.24, 2.45) is 5.73 Å². The zero-order valence-corrected chi connectivity index (χ0v) is 20.4. The molecule has 0 radical (unpaired) electrons. The van der Waals surface area contributed by atoms with E-state index in [1.54, 1.807) is 24.3 Å². The molecule has 2 aromatic rings. The van der Waals surface area contributed by atoms with Crippen molar-refractivity contribution in [1.29, 1.82) is 0 Å². The van der Waals surface area contributed by atoms with Gasteiger partial charge >= 0.3 is 12.2 Å². The van der Waals surface area contributed by atoms with Gasteiger partial charge in [0.05, 0.1) is 10.5 Å². The molecule has 4 rings (SSSR count). The van der Waals surface area contributed by atoms with Crippen LogP contribution in [0.15, 0.2) is 47.5 Å². The summed E-state index contributed by atoms with van der Waals surface area (Å²) in [7, 11) is -3.68. The monoisotopic (exact) mass is 526 g/mol. The standard InChI is InChI=1S/C23H29F3N6O3S/c24-23(25,26)16-3-8-21(28-14-16)29-17-9-12-32(13-10-17)36(34,35)20-6-4-19(5-7-20)31-11-1-2-18(15-31)30-22(27)33/h3-8,14,17-18H,1-2,9-13,15H2,(H,28,29)(H3,27,30,33)/t18-/m0/s1. The molecule has 4 N–H and O–H groups in total. The molecule has 9 nitrogen and oxygen atoms in total. The zero-order chi connectivity index (χ0) is 25.9. The number of piperidine rings is 2. The summed E-state index contributed by atoms with van der Waals surface area (Å²) in [5.74, 6) is 0.325. The van der Waals surface area contributed by atoms with Gasteiger partial charge in [-0.15, -0.1) is 0 Å². The van der Waals surface area contributed by atoms with Crippen molar-refractivity contribution in [3.05, 3.63) is 48.2 Å². The molecule has 0 unspecified atom stereocenters. The van der Waals surface area contributed by atoms with E-state index in [4.69, 9.17) is 5.73 Å². The van der Waals surface area contributed by atoms with Crippen LogP contribution in [0.2, 0.25) is 0 Å². The minimum atomic E-state index is -4.44. The second-order valence-corrected chi connectivity index (χ2v) is 11.0. The van der Waals surface area contributed by atoms with Crippen LogP contribution < -0.4 is 21.3 Å². The number of benzene rings is 1. The normalized spacial score (nSPS) is 20.2. The molecule has 0 aliphatic carbocycles. The van der Waals surface area contributed by atoms with E-state index in [0.717, 1.165) is 37.3 Å². The predicted octanol–water partition coefficient (Wildman–Crippen LogP) is 3.00. The molecule has 36 heavy (non-hydrogen) atoms. The van der Waals surface area contributed by atoms with Crippen LogP contribution in [0.5, 0.6) is 0 Å². The SMILES string of the molecule is NC(=O)N[C@H]1CCCN(c2ccc(S(=O)(=O)N3CCC(Nc4ccc(C(F)(F)F)cn4)CC3)cc2)C1. The summed E-state index contributed by atoms with van der Waals surface area (Å²) >= 11 is 0. The number of anilines is 2. The van der Waals surface area contributed by atoms with E-state index in [-0.39, 0.29) is 30.1 Å². The Morgan fingerprint density at radius 3 is 2.28 bits per heavy atom. The predicted molar refractivity (Wildman–Crippen MR) is 129 cm³/mol. The largest absolute Gasteiger partial charge is 0.417 e. The van der Waals surface area contributed by atoms with Gasteiger partial charge in [-0.05, 0) is 62.1 Å². The van der Waals surface area contributed by atoms with Gasteiger partial charge in [0.2, 0.25) is 10.0 Å². The van der Waals surface area contributed by atoms with Crippen LogP contribution in [0.1, 0.15) is 31.2 Å². The van der Waals surface area contributed by atoms with Crippen molar-refractivity contribution in [1.82, 2.24) is 14.6 Å². The van der Waals surface area contributed by atoms with Gasteiger partial charge < -0.3 is 21.3 Å². The molecule has 2 amide bonds. The summed E-state index contributed by atoms with van der Waals surface area (Å²) in [6.07, 6.45) is -0.933. The Morgan fingerprint density at radius 1 is 1.00 bits per heavy atom. The maximum atomic E-state index is 13.2. The zero-order valence-electron chi connectivity index (χ0n) is 19.5. The van der Waals surface area contributed by atoms with E-state index in [2.05, 4.69) is 20.5 Å². The first-order chi connectivity index (χ1) is 17.0. The Hall–Kier alpha value is -3.06. The number of carbonyl (C=O) groups is 1. The number of halogens is 3. The summed E-state index contributed by atoms with van der Waals surface area (Å²) in [6.45, 7) is 1.98. The van der Waals surface area contributed by atoms with E-state index in [0.29, 0.717) is 25.2 Å². The third-order valence-corrected chi connectivity index (χ3v) is 8.42. The number of hydrogen-bond donors (Lipinski definition) is 3. The van der Waals surface area contributed by atoms with E-state index in [9.17, 15) is 26.4 Å². The Labute approximate surface area is 207 Å². The number of alkyl halides is 3. The smallest absolute Gasteiger partial charge is 0.369 e. The fraction of sp³-hybridized carbons (Fsp3) is 0.478. The van der Waals surface area contributed by atoms with E-state index in [1.165, 1.54) is 10.4 Å². The van der Waals surface area contributed by atoms with Crippen molar-refractivity contribution < 1.29 is 26.4 Å². The average molecular weight is 527 g/mol. The van der Waals surface area contributed by atoms with Crippen molar-refractivity contribution in [2.45, 2.75) is 48.8 Å².